The number of likely N-dealkylation sites (N-methyl/N-ethyl adjacent to an activating group) is 1. The van der Waals surface area contributed by atoms with E-state index in [4.69, 9.17) is 4.74 Å². The maximum absolute atomic E-state index is 5.71. The lowest BCUT2D eigenvalue weighted by Gasteiger charge is -2.19. The van der Waals surface area contributed by atoms with Crippen molar-refractivity contribution in [2.24, 2.45) is 7.05 Å². The highest BCUT2D eigenvalue weighted by molar-refractivity contribution is 5.11. The Kier molecular flexibility index (Phi) is 6.36. The molecule has 4 nitrogen and oxygen atoms in total. The van der Waals surface area contributed by atoms with Gasteiger partial charge in [-0.3, -0.25) is 4.68 Å². The first-order chi connectivity index (χ1) is 8.56. The van der Waals surface area contributed by atoms with Gasteiger partial charge in [-0.2, -0.15) is 5.10 Å². The first kappa shape index (κ1) is 15.2. The molecule has 0 saturated heterocycles. The van der Waals surface area contributed by atoms with E-state index < -0.39 is 0 Å². The van der Waals surface area contributed by atoms with Crippen LogP contribution in [0, 0.1) is 0 Å². The van der Waals surface area contributed by atoms with Crippen molar-refractivity contribution in [2.45, 2.75) is 52.7 Å². The van der Waals surface area contributed by atoms with Gasteiger partial charge in [-0.1, -0.05) is 13.8 Å². The van der Waals surface area contributed by atoms with Gasteiger partial charge < -0.3 is 10.1 Å². The molecule has 0 fully saturated rings. The number of hydrogen-bond donors (Lipinski definition) is 1. The van der Waals surface area contributed by atoms with Crippen LogP contribution in [0.15, 0.2) is 6.07 Å². The lowest BCUT2D eigenvalue weighted by Crippen LogP contribution is -2.36. The molecule has 0 saturated carbocycles. The number of nitrogens with zero attached hydrogens (tertiary/aromatic N) is 2. The van der Waals surface area contributed by atoms with Gasteiger partial charge in [0.05, 0.1) is 18.4 Å². The van der Waals surface area contributed by atoms with E-state index in [0.717, 1.165) is 31.7 Å². The maximum Gasteiger partial charge on any atom is 0.0626 e. The third kappa shape index (κ3) is 4.78. The number of aromatic nitrogens is 2. The molecule has 1 heterocycles. The van der Waals surface area contributed by atoms with Crippen LogP contribution in [0.1, 0.15) is 39.1 Å². The molecule has 0 aliphatic rings. The highest BCUT2D eigenvalue weighted by Gasteiger charge is 2.13. The third-order valence-corrected chi connectivity index (χ3v) is 2.97. The lowest BCUT2D eigenvalue weighted by atomic mass is 10.1. The van der Waals surface area contributed by atoms with E-state index in [0.29, 0.717) is 6.04 Å². The zero-order chi connectivity index (χ0) is 13.5. The first-order valence-electron chi connectivity index (χ1n) is 6.93. The highest BCUT2D eigenvalue weighted by Crippen LogP contribution is 2.08. The standard InChI is InChI=1S/C14H27N3O/c1-6-12-8-14(17(5)16-12)9-13(15-7-2)10-18-11(3)4/h8,11,13,15H,6-7,9-10H2,1-5H3. The Morgan fingerprint density at radius 2 is 2.11 bits per heavy atom. The van der Waals surface area contributed by atoms with Crippen LogP contribution in [0.2, 0.25) is 0 Å². The summed E-state index contributed by atoms with van der Waals surface area (Å²) in [6.07, 6.45) is 2.23. The van der Waals surface area contributed by atoms with Gasteiger partial charge in [0.1, 0.15) is 0 Å². The fourth-order valence-electron chi connectivity index (χ4n) is 1.98. The molecule has 4 heteroatoms. The maximum atomic E-state index is 5.71. The Bertz CT molecular complexity index is 347. The molecule has 1 rings (SSSR count). The largest absolute Gasteiger partial charge is 0.377 e. The van der Waals surface area contributed by atoms with E-state index in [1.54, 1.807) is 0 Å². The van der Waals surface area contributed by atoms with Gasteiger partial charge in [-0.15, -0.1) is 0 Å². The summed E-state index contributed by atoms with van der Waals surface area (Å²) < 4.78 is 7.69. The Morgan fingerprint density at radius 3 is 2.61 bits per heavy atom. The van der Waals surface area contributed by atoms with Crippen molar-refractivity contribution in [2.75, 3.05) is 13.2 Å². The zero-order valence-corrected chi connectivity index (χ0v) is 12.4. The summed E-state index contributed by atoms with van der Waals surface area (Å²) in [6.45, 7) is 10.1. The fourth-order valence-corrected chi connectivity index (χ4v) is 1.98. The summed E-state index contributed by atoms with van der Waals surface area (Å²) in [7, 11) is 2.01. The molecule has 0 bridgehead atoms. The molecule has 1 aromatic rings. The minimum atomic E-state index is 0.281. The topological polar surface area (TPSA) is 39.1 Å². The Labute approximate surface area is 111 Å². The van der Waals surface area contributed by atoms with Crippen molar-refractivity contribution < 1.29 is 4.74 Å². The highest BCUT2D eigenvalue weighted by atomic mass is 16.5. The molecule has 0 amide bonds. The second kappa shape index (κ2) is 7.54. The fraction of sp³-hybridized carbons (Fsp3) is 0.786. The smallest absolute Gasteiger partial charge is 0.0626 e. The van der Waals surface area contributed by atoms with Gasteiger partial charge in [0, 0.05) is 25.2 Å². The van der Waals surface area contributed by atoms with Crippen LogP contribution >= 0.6 is 0 Å². The normalized spacial score (nSPS) is 13.2. The van der Waals surface area contributed by atoms with Crippen LogP contribution in [-0.2, 0) is 24.6 Å². The number of hydrogen-bond acceptors (Lipinski definition) is 3. The zero-order valence-electron chi connectivity index (χ0n) is 12.4. The van der Waals surface area contributed by atoms with Crippen molar-refractivity contribution in [1.82, 2.24) is 15.1 Å². The molecular formula is C14H27N3O. The molecule has 18 heavy (non-hydrogen) atoms. The monoisotopic (exact) mass is 253 g/mol. The summed E-state index contributed by atoms with van der Waals surface area (Å²) >= 11 is 0. The summed E-state index contributed by atoms with van der Waals surface area (Å²) in [5.41, 5.74) is 2.43. The van der Waals surface area contributed by atoms with E-state index in [1.165, 1.54) is 5.69 Å². The second-order valence-corrected chi connectivity index (χ2v) is 4.94. The van der Waals surface area contributed by atoms with E-state index in [-0.39, 0.29) is 6.10 Å². The average molecular weight is 253 g/mol. The van der Waals surface area contributed by atoms with Gasteiger partial charge in [0.15, 0.2) is 0 Å². The van der Waals surface area contributed by atoms with Gasteiger partial charge in [-0.05, 0) is 32.9 Å². The summed E-state index contributed by atoms with van der Waals surface area (Å²) in [5.74, 6) is 0. The average Bonchev–Trinajstić information content (AvgIpc) is 2.67. The number of nitrogens with one attached hydrogen (secondary N) is 1. The summed E-state index contributed by atoms with van der Waals surface area (Å²) in [5, 5.41) is 7.96. The molecule has 0 aliphatic heterocycles. The second-order valence-electron chi connectivity index (χ2n) is 4.94. The number of rotatable bonds is 8. The van der Waals surface area contributed by atoms with Crippen LogP contribution in [0.25, 0.3) is 0 Å². The Hall–Kier alpha value is -0.870. The van der Waals surface area contributed by atoms with Gasteiger partial charge in [0.2, 0.25) is 0 Å². The van der Waals surface area contributed by atoms with Gasteiger partial charge in [-0.25, -0.2) is 0 Å². The van der Waals surface area contributed by atoms with Gasteiger partial charge in [0.25, 0.3) is 0 Å². The van der Waals surface area contributed by atoms with E-state index in [9.17, 15) is 0 Å². The van der Waals surface area contributed by atoms with Crippen LogP contribution < -0.4 is 5.32 Å². The van der Waals surface area contributed by atoms with Crippen molar-refractivity contribution >= 4 is 0 Å². The van der Waals surface area contributed by atoms with Crippen molar-refractivity contribution in [3.63, 3.8) is 0 Å². The molecule has 1 N–H and O–H groups in total. The molecule has 1 aromatic heterocycles. The Balaban J connectivity index is 2.60. The minimum absolute atomic E-state index is 0.281. The van der Waals surface area contributed by atoms with E-state index >= 15 is 0 Å². The quantitative estimate of drug-likeness (QED) is 0.769. The molecule has 1 unspecified atom stereocenters. The molecule has 0 spiro atoms. The van der Waals surface area contributed by atoms with Crippen LogP contribution in [0.5, 0.6) is 0 Å². The minimum Gasteiger partial charge on any atom is -0.377 e. The molecule has 0 radical (unpaired) electrons. The number of aryl methyl sites for hydroxylation is 2. The van der Waals surface area contributed by atoms with Crippen LogP contribution in [0.4, 0.5) is 0 Å². The van der Waals surface area contributed by atoms with Crippen molar-refractivity contribution in [1.29, 1.82) is 0 Å². The van der Waals surface area contributed by atoms with Gasteiger partial charge >= 0.3 is 0 Å². The predicted octanol–water partition coefficient (Wildman–Crippen LogP) is 1.93. The van der Waals surface area contributed by atoms with Crippen LogP contribution in [0.3, 0.4) is 0 Å². The summed E-state index contributed by atoms with van der Waals surface area (Å²) in [6, 6.07) is 2.55. The Morgan fingerprint density at radius 1 is 1.39 bits per heavy atom. The number of ether oxygens (including phenoxy) is 1. The molecule has 0 aromatic carbocycles. The predicted molar refractivity (Wildman–Crippen MR) is 74.8 cm³/mol. The molecule has 0 aliphatic carbocycles. The SMILES string of the molecule is CCNC(COC(C)C)Cc1cc(CC)nn1C. The lowest BCUT2D eigenvalue weighted by molar-refractivity contribution is 0.0612. The third-order valence-electron chi connectivity index (χ3n) is 2.97. The van der Waals surface area contributed by atoms with Crippen LogP contribution in [-0.4, -0.2) is 35.1 Å². The molecular weight excluding hydrogens is 226 g/mol. The first-order valence-corrected chi connectivity index (χ1v) is 6.93. The van der Waals surface area contributed by atoms with Crippen molar-refractivity contribution in [3.05, 3.63) is 17.5 Å². The van der Waals surface area contributed by atoms with E-state index in [1.807, 2.05) is 11.7 Å². The van der Waals surface area contributed by atoms with Crippen molar-refractivity contribution in [3.8, 4) is 0 Å². The molecule has 104 valence electrons. The molecule has 1 atom stereocenters. The summed E-state index contributed by atoms with van der Waals surface area (Å²) in [4.78, 5) is 0. The van der Waals surface area contributed by atoms with E-state index in [2.05, 4.69) is 44.2 Å².